The van der Waals surface area contributed by atoms with Crippen molar-refractivity contribution < 1.29 is 9.72 Å². The minimum atomic E-state index is -0.453. The van der Waals surface area contributed by atoms with E-state index in [-0.39, 0.29) is 30.0 Å². The van der Waals surface area contributed by atoms with E-state index < -0.39 is 4.92 Å². The number of nitro benzene ring substituents is 1. The van der Waals surface area contributed by atoms with Crippen LogP contribution in [0.2, 0.25) is 0 Å². The summed E-state index contributed by atoms with van der Waals surface area (Å²) in [5.41, 5.74) is 1.20. The first-order valence-corrected chi connectivity index (χ1v) is 7.81. The van der Waals surface area contributed by atoms with Gasteiger partial charge in [-0.05, 0) is 44.8 Å². The Balaban J connectivity index is 0.00000264. The number of halogens is 1. The molecule has 0 spiro atoms. The number of nitrogens with zero attached hydrogens (tertiary/aromatic N) is 2. The predicted octanol–water partition coefficient (Wildman–Crippen LogP) is 2.93. The molecule has 1 fully saturated rings. The van der Waals surface area contributed by atoms with Crippen molar-refractivity contribution in [1.29, 1.82) is 0 Å². The lowest BCUT2D eigenvalue weighted by Gasteiger charge is -2.35. The molecule has 6 nitrogen and oxygen atoms in total. The first-order valence-electron chi connectivity index (χ1n) is 7.81. The van der Waals surface area contributed by atoms with E-state index in [0.29, 0.717) is 12.1 Å². The normalized spacial score (nSPS) is 14.9. The lowest BCUT2D eigenvalue weighted by Crippen LogP contribution is -2.46. The minimum Gasteiger partial charge on any atom is -0.336 e. The van der Waals surface area contributed by atoms with E-state index in [0.717, 1.165) is 37.9 Å². The van der Waals surface area contributed by atoms with Gasteiger partial charge in [-0.15, -0.1) is 12.4 Å². The lowest BCUT2D eigenvalue weighted by molar-refractivity contribution is -0.384. The van der Waals surface area contributed by atoms with Crippen LogP contribution in [-0.4, -0.2) is 41.4 Å². The van der Waals surface area contributed by atoms with E-state index in [1.807, 2.05) is 18.7 Å². The summed E-state index contributed by atoms with van der Waals surface area (Å²) in [5, 5.41) is 14.3. The van der Waals surface area contributed by atoms with Gasteiger partial charge in [-0.2, -0.15) is 0 Å². The van der Waals surface area contributed by atoms with E-state index in [2.05, 4.69) is 5.32 Å². The molecule has 1 aromatic rings. The third-order valence-electron chi connectivity index (χ3n) is 4.14. The summed E-state index contributed by atoms with van der Waals surface area (Å²) in [6, 6.07) is 4.72. The number of piperidine rings is 1. The van der Waals surface area contributed by atoms with E-state index >= 15 is 0 Å². The molecular weight excluding hydrogens is 318 g/mol. The van der Waals surface area contributed by atoms with E-state index in [1.54, 1.807) is 6.07 Å². The summed E-state index contributed by atoms with van der Waals surface area (Å²) in [6.07, 6.45) is 2.74. The highest BCUT2D eigenvalue weighted by Gasteiger charge is 2.27. The molecule has 0 aromatic heterocycles. The quantitative estimate of drug-likeness (QED) is 0.660. The van der Waals surface area contributed by atoms with Crippen molar-refractivity contribution in [3.63, 3.8) is 0 Å². The fourth-order valence-electron chi connectivity index (χ4n) is 2.92. The molecule has 1 heterocycles. The summed E-state index contributed by atoms with van der Waals surface area (Å²) < 4.78 is 0. The number of amides is 1. The van der Waals surface area contributed by atoms with E-state index in [1.165, 1.54) is 12.1 Å². The van der Waals surface area contributed by atoms with Crippen molar-refractivity contribution in [2.45, 2.75) is 39.2 Å². The molecule has 7 heteroatoms. The monoisotopic (exact) mass is 341 g/mol. The van der Waals surface area contributed by atoms with Gasteiger partial charge in [-0.3, -0.25) is 14.9 Å². The molecule has 1 aromatic carbocycles. The summed E-state index contributed by atoms with van der Waals surface area (Å²) in [7, 11) is 0. The lowest BCUT2D eigenvalue weighted by atomic mass is 10.0. The molecule has 0 aliphatic carbocycles. The molecule has 128 valence electrons. The molecule has 1 saturated heterocycles. The van der Waals surface area contributed by atoms with Gasteiger partial charge in [-0.25, -0.2) is 0 Å². The second kappa shape index (κ2) is 8.84. The largest absolute Gasteiger partial charge is 0.336 e. The minimum absolute atomic E-state index is 0. The number of hydrogen-bond acceptors (Lipinski definition) is 4. The second-order valence-electron chi connectivity index (χ2n) is 5.74. The Kier molecular flexibility index (Phi) is 7.45. The summed E-state index contributed by atoms with van der Waals surface area (Å²) in [4.78, 5) is 25.3. The van der Waals surface area contributed by atoms with Crippen LogP contribution in [0.25, 0.3) is 0 Å². The molecule has 0 unspecified atom stereocenters. The molecule has 0 atom stereocenters. The highest BCUT2D eigenvalue weighted by molar-refractivity contribution is 5.96. The van der Waals surface area contributed by atoms with E-state index in [4.69, 9.17) is 0 Å². The zero-order valence-corrected chi connectivity index (χ0v) is 14.4. The van der Waals surface area contributed by atoms with Crippen LogP contribution in [0.5, 0.6) is 0 Å². The Labute approximate surface area is 142 Å². The number of aryl methyl sites for hydroxylation is 1. The predicted molar refractivity (Wildman–Crippen MR) is 92.3 cm³/mol. The van der Waals surface area contributed by atoms with Crippen LogP contribution in [0, 0.1) is 17.0 Å². The maximum absolute atomic E-state index is 12.9. The Hall–Kier alpha value is -1.66. The Morgan fingerprint density at radius 2 is 2.04 bits per heavy atom. The number of rotatable bonds is 5. The zero-order valence-electron chi connectivity index (χ0n) is 13.6. The fourth-order valence-corrected chi connectivity index (χ4v) is 2.92. The molecule has 2 rings (SSSR count). The number of nitrogens with one attached hydrogen (secondary N) is 1. The topological polar surface area (TPSA) is 75.5 Å². The SMILES string of the molecule is CCCN(C(=O)c1cc([N+](=O)[O-])ccc1C)C1CCNCC1.Cl. The number of non-ortho nitro benzene ring substituents is 1. The van der Waals surface area contributed by atoms with Crippen molar-refractivity contribution in [2.24, 2.45) is 0 Å². The van der Waals surface area contributed by atoms with Gasteiger partial charge >= 0.3 is 0 Å². The smallest absolute Gasteiger partial charge is 0.270 e. The Morgan fingerprint density at radius 3 is 2.61 bits per heavy atom. The van der Waals surface area contributed by atoms with Crippen LogP contribution >= 0.6 is 12.4 Å². The van der Waals surface area contributed by atoms with Crippen LogP contribution in [0.15, 0.2) is 18.2 Å². The number of benzene rings is 1. The number of nitro groups is 1. The highest BCUT2D eigenvalue weighted by Crippen LogP contribution is 2.22. The van der Waals surface area contributed by atoms with Crippen molar-refractivity contribution in [3.05, 3.63) is 39.4 Å². The van der Waals surface area contributed by atoms with Crippen molar-refractivity contribution in [3.8, 4) is 0 Å². The van der Waals surface area contributed by atoms with Gasteiger partial charge in [0.2, 0.25) is 0 Å². The third kappa shape index (κ3) is 4.65. The standard InChI is InChI=1S/C16H23N3O3.ClH/c1-3-10-18(13-6-8-17-9-7-13)16(20)15-11-14(19(21)22)5-4-12(15)2;/h4-5,11,13,17H,3,6-10H2,1-2H3;1H. The van der Waals surface area contributed by atoms with Crippen molar-refractivity contribution in [1.82, 2.24) is 10.2 Å². The molecular formula is C16H24ClN3O3. The molecule has 0 radical (unpaired) electrons. The molecule has 1 N–H and O–H groups in total. The molecule has 1 amide bonds. The van der Waals surface area contributed by atoms with Gasteiger partial charge < -0.3 is 10.2 Å². The van der Waals surface area contributed by atoms with Gasteiger partial charge in [-0.1, -0.05) is 13.0 Å². The van der Waals surface area contributed by atoms with Gasteiger partial charge in [0.1, 0.15) is 0 Å². The molecule has 0 saturated carbocycles. The first-order chi connectivity index (χ1) is 10.5. The number of carbonyl (C=O) groups is 1. The average Bonchev–Trinajstić information content (AvgIpc) is 2.53. The second-order valence-corrected chi connectivity index (χ2v) is 5.74. The number of carbonyl (C=O) groups excluding carboxylic acids is 1. The summed E-state index contributed by atoms with van der Waals surface area (Å²) in [5.74, 6) is -0.0880. The van der Waals surface area contributed by atoms with Gasteiger partial charge in [0, 0.05) is 30.3 Å². The fraction of sp³-hybridized carbons (Fsp3) is 0.562. The van der Waals surface area contributed by atoms with Crippen LogP contribution in [0.1, 0.15) is 42.1 Å². The van der Waals surface area contributed by atoms with Gasteiger partial charge in [0.05, 0.1) is 4.92 Å². The zero-order chi connectivity index (χ0) is 16.1. The third-order valence-corrected chi connectivity index (χ3v) is 4.14. The molecule has 1 aliphatic rings. The van der Waals surface area contributed by atoms with E-state index in [9.17, 15) is 14.9 Å². The maximum atomic E-state index is 12.9. The molecule has 1 aliphatic heterocycles. The first kappa shape index (κ1) is 19.4. The van der Waals surface area contributed by atoms with Crippen LogP contribution < -0.4 is 5.32 Å². The van der Waals surface area contributed by atoms with Crippen molar-refractivity contribution >= 4 is 24.0 Å². The Morgan fingerprint density at radius 1 is 1.39 bits per heavy atom. The average molecular weight is 342 g/mol. The highest BCUT2D eigenvalue weighted by atomic mass is 35.5. The molecule has 23 heavy (non-hydrogen) atoms. The maximum Gasteiger partial charge on any atom is 0.270 e. The summed E-state index contributed by atoms with van der Waals surface area (Å²) in [6.45, 7) is 6.37. The van der Waals surface area contributed by atoms with Crippen LogP contribution in [0.4, 0.5) is 5.69 Å². The Bertz CT molecular complexity index is 560. The molecule has 0 bridgehead atoms. The van der Waals surface area contributed by atoms with Gasteiger partial charge in [0.25, 0.3) is 11.6 Å². The van der Waals surface area contributed by atoms with Crippen LogP contribution in [0.3, 0.4) is 0 Å². The van der Waals surface area contributed by atoms with Crippen molar-refractivity contribution in [2.75, 3.05) is 19.6 Å². The number of hydrogen-bond donors (Lipinski definition) is 1. The van der Waals surface area contributed by atoms with Crippen LogP contribution in [-0.2, 0) is 0 Å². The van der Waals surface area contributed by atoms with Gasteiger partial charge in [0.15, 0.2) is 0 Å². The summed E-state index contributed by atoms with van der Waals surface area (Å²) >= 11 is 0.